The zero-order valence-corrected chi connectivity index (χ0v) is 14.0. The number of nitrogens with zero attached hydrogens (tertiary/aromatic N) is 2. The van der Waals surface area contributed by atoms with Crippen LogP contribution in [0.25, 0.3) is 0 Å². The minimum Gasteiger partial charge on any atom is -0.350 e. The van der Waals surface area contributed by atoms with Gasteiger partial charge in [0.1, 0.15) is 0 Å². The van der Waals surface area contributed by atoms with E-state index in [-0.39, 0.29) is 23.3 Å². The number of amides is 2. The Hall–Kier alpha value is -2.69. The topological polar surface area (TPSA) is 62.3 Å². The average Bonchev–Trinajstić information content (AvgIpc) is 2.99. The third-order valence-electron chi connectivity index (χ3n) is 5.42. The Morgan fingerprint density at radius 2 is 1.88 bits per heavy atom. The number of carbonyl (C=O) groups is 2. The molecular weight excluding hydrogens is 314 g/mol. The molecule has 0 saturated carbocycles. The van der Waals surface area contributed by atoms with Gasteiger partial charge in [-0.2, -0.15) is 0 Å². The predicted octanol–water partition coefficient (Wildman–Crippen LogP) is 2.36. The summed E-state index contributed by atoms with van der Waals surface area (Å²) in [5.41, 5.74) is 1.51. The Labute approximate surface area is 147 Å². The summed E-state index contributed by atoms with van der Waals surface area (Å²) >= 11 is 0. The highest BCUT2D eigenvalue weighted by atomic mass is 16.2. The largest absolute Gasteiger partial charge is 0.350 e. The van der Waals surface area contributed by atoms with E-state index in [4.69, 9.17) is 0 Å². The number of benzene rings is 1. The molecule has 1 aromatic heterocycles. The minimum absolute atomic E-state index is 0.0728. The van der Waals surface area contributed by atoms with Gasteiger partial charge in [-0.1, -0.05) is 24.3 Å². The van der Waals surface area contributed by atoms with Gasteiger partial charge in [-0.25, -0.2) is 0 Å². The van der Waals surface area contributed by atoms with E-state index in [2.05, 4.69) is 10.3 Å². The second-order valence-corrected chi connectivity index (χ2v) is 6.97. The molecule has 2 saturated heterocycles. The number of nitrogens with one attached hydrogen (secondary N) is 1. The molecule has 2 amide bonds. The molecule has 3 heterocycles. The van der Waals surface area contributed by atoms with E-state index in [0.29, 0.717) is 13.1 Å². The Balaban J connectivity index is 1.43. The van der Waals surface area contributed by atoms with Gasteiger partial charge in [0.25, 0.3) is 5.91 Å². The molecule has 5 heteroatoms. The van der Waals surface area contributed by atoms with Gasteiger partial charge in [-0.05, 0) is 43.0 Å². The lowest BCUT2D eigenvalue weighted by Crippen LogP contribution is -2.52. The van der Waals surface area contributed by atoms with Crippen LogP contribution in [0, 0.1) is 0 Å². The molecule has 128 valence electrons. The maximum absolute atomic E-state index is 12.6. The number of pyridine rings is 1. The van der Waals surface area contributed by atoms with Gasteiger partial charge in [-0.3, -0.25) is 14.6 Å². The summed E-state index contributed by atoms with van der Waals surface area (Å²) in [6, 6.07) is 13.2. The van der Waals surface area contributed by atoms with Crippen LogP contribution in [0.15, 0.2) is 54.9 Å². The van der Waals surface area contributed by atoms with E-state index in [0.717, 1.165) is 30.4 Å². The van der Waals surface area contributed by atoms with Crippen molar-refractivity contribution in [3.05, 3.63) is 66.0 Å². The smallest absolute Gasteiger partial charge is 0.253 e. The number of hydrogen-bond donors (Lipinski definition) is 1. The second kappa shape index (κ2) is 6.31. The summed E-state index contributed by atoms with van der Waals surface area (Å²) in [5.74, 6) is 0.0180. The molecule has 4 rings (SSSR count). The molecule has 0 bridgehead atoms. The number of hydrogen-bond acceptors (Lipinski definition) is 3. The van der Waals surface area contributed by atoms with Crippen molar-refractivity contribution >= 4 is 11.8 Å². The van der Waals surface area contributed by atoms with Crippen molar-refractivity contribution in [3.8, 4) is 0 Å². The summed E-state index contributed by atoms with van der Waals surface area (Å²) < 4.78 is 0. The lowest BCUT2D eigenvalue weighted by Gasteiger charge is -2.39. The number of carbonyl (C=O) groups excluding carboxylic acids is 2. The highest BCUT2D eigenvalue weighted by Crippen LogP contribution is 2.39. The van der Waals surface area contributed by atoms with Gasteiger partial charge in [0.05, 0.1) is 5.92 Å². The van der Waals surface area contributed by atoms with Gasteiger partial charge in [0.2, 0.25) is 5.91 Å². The number of piperidine rings is 1. The quantitative estimate of drug-likeness (QED) is 0.916. The lowest BCUT2D eigenvalue weighted by molar-refractivity contribution is -0.121. The monoisotopic (exact) mass is 335 g/mol. The van der Waals surface area contributed by atoms with Crippen LogP contribution >= 0.6 is 0 Å². The molecule has 5 nitrogen and oxygen atoms in total. The zero-order valence-electron chi connectivity index (χ0n) is 14.0. The molecule has 0 radical (unpaired) electrons. The van der Waals surface area contributed by atoms with E-state index in [9.17, 15) is 9.59 Å². The highest BCUT2D eigenvalue weighted by molar-refractivity contribution is 5.94. The second-order valence-electron chi connectivity index (χ2n) is 6.97. The van der Waals surface area contributed by atoms with E-state index in [1.165, 1.54) is 0 Å². The lowest BCUT2D eigenvalue weighted by atomic mass is 9.82. The van der Waals surface area contributed by atoms with Gasteiger partial charge in [0.15, 0.2) is 0 Å². The molecule has 0 aliphatic carbocycles. The van der Waals surface area contributed by atoms with Gasteiger partial charge < -0.3 is 10.2 Å². The van der Waals surface area contributed by atoms with Crippen LogP contribution in [0.2, 0.25) is 0 Å². The Morgan fingerprint density at radius 3 is 2.56 bits per heavy atom. The first-order valence-corrected chi connectivity index (χ1v) is 8.73. The van der Waals surface area contributed by atoms with Crippen molar-refractivity contribution < 1.29 is 9.59 Å². The van der Waals surface area contributed by atoms with Gasteiger partial charge >= 0.3 is 0 Å². The molecule has 2 aromatic rings. The molecule has 1 spiro atoms. The summed E-state index contributed by atoms with van der Waals surface area (Å²) in [6.07, 6.45) is 5.88. The van der Waals surface area contributed by atoms with Crippen LogP contribution in [0.5, 0.6) is 0 Å². The van der Waals surface area contributed by atoms with Gasteiger partial charge in [0, 0.05) is 36.6 Å². The van der Waals surface area contributed by atoms with E-state index < -0.39 is 0 Å². The SMILES string of the molecule is O=C1NC2(CCN(C(=O)c3ccccc3)CC2)CC1c1cccnc1. The van der Waals surface area contributed by atoms with Crippen molar-refractivity contribution in [1.29, 1.82) is 0 Å². The van der Waals surface area contributed by atoms with Crippen molar-refractivity contribution in [2.45, 2.75) is 30.7 Å². The number of aromatic nitrogens is 1. The standard InChI is InChI=1S/C20H21N3O2/c24-18-17(16-7-4-10-21-14-16)13-20(22-18)8-11-23(12-9-20)19(25)15-5-2-1-3-6-15/h1-7,10,14,17H,8-9,11-13H2,(H,22,24). The Bertz CT molecular complexity index is 768. The molecule has 1 aromatic carbocycles. The van der Waals surface area contributed by atoms with Crippen LogP contribution < -0.4 is 5.32 Å². The van der Waals surface area contributed by atoms with E-state index in [1.54, 1.807) is 12.4 Å². The fourth-order valence-corrected chi connectivity index (χ4v) is 3.96. The maximum Gasteiger partial charge on any atom is 0.253 e. The molecular formula is C20H21N3O2. The Kier molecular flexibility index (Phi) is 3.99. The normalized spacial score (nSPS) is 22.0. The first-order chi connectivity index (χ1) is 12.2. The number of rotatable bonds is 2. The first kappa shape index (κ1) is 15.8. The molecule has 2 fully saturated rings. The fraction of sp³-hybridized carbons (Fsp3) is 0.350. The molecule has 25 heavy (non-hydrogen) atoms. The van der Waals surface area contributed by atoms with Gasteiger partial charge in [-0.15, -0.1) is 0 Å². The van der Waals surface area contributed by atoms with Crippen LogP contribution in [0.3, 0.4) is 0 Å². The first-order valence-electron chi connectivity index (χ1n) is 8.73. The number of likely N-dealkylation sites (tertiary alicyclic amines) is 1. The molecule has 1 atom stereocenters. The molecule has 2 aliphatic rings. The third kappa shape index (κ3) is 3.02. The van der Waals surface area contributed by atoms with Crippen molar-refractivity contribution in [2.24, 2.45) is 0 Å². The molecule has 2 aliphatic heterocycles. The summed E-state index contributed by atoms with van der Waals surface area (Å²) in [6.45, 7) is 1.35. The van der Waals surface area contributed by atoms with Crippen molar-refractivity contribution in [3.63, 3.8) is 0 Å². The van der Waals surface area contributed by atoms with Crippen LogP contribution in [0.1, 0.15) is 41.1 Å². The fourth-order valence-electron chi connectivity index (χ4n) is 3.96. The highest BCUT2D eigenvalue weighted by Gasteiger charge is 2.46. The predicted molar refractivity (Wildman–Crippen MR) is 94.0 cm³/mol. The molecule has 1 unspecified atom stereocenters. The summed E-state index contributed by atoms with van der Waals surface area (Å²) in [4.78, 5) is 31.1. The van der Waals surface area contributed by atoms with Crippen LogP contribution in [0.4, 0.5) is 0 Å². The third-order valence-corrected chi connectivity index (χ3v) is 5.42. The summed E-state index contributed by atoms with van der Waals surface area (Å²) in [7, 11) is 0. The van der Waals surface area contributed by atoms with Crippen LogP contribution in [-0.4, -0.2) is 40.3 Å². The van der Waals surface area contributed by atoms with E-state index in [1.807, 2.05) is 47.4 Å². The van der Waals surface area contributed by atoms with Crippen molar-refractivity contribution in [1.82, 2.24) is 15.2 Å². The van der Waals surface area contributed by atoms with Crippen LogP contribution in [-0.2, 0) is 4.79 Å². The summed E-state index contributed by atoms with van der Waals surface area (Å²) in [5, 5.41) is 3.21. The Morgan fingerprint density at radius 1 is 1.12 bits per heavy atom. The zero-order chi connectivity index (χ0) is 17.3. The molecule has 1 N–H and O–H groups in total. The minimum atomic E-state index is -0.189. The average molecular weight is 335 g/mol. The van der Waals surface area contributed by atoms with Crippen molar-refractivity contribution in [2.75, 3.05) is 13.1 Å². The van der Waals surface area contributed by atoms with E-state index >= 15 is 0 Å². The maximum atomic E-state index is 12.6.